The molecule has 0 aromatic rings. The van der Waals surface area contributed by atoms with Gasteiger partial charge in [-0.2, -0.15) is 0 Å². The molecule has 0 saturated carbocycles. The fourth-order valence-electron chi connectivity index (χ4n) is 6.26. The summed E-state index contributed by atoms with van der Waals surface area (Å²) in [5.41, 5.74) is 0. The topological polar surface area (TPSA) is 89.8 Å². The third kappa shape index (κ3) is 34.5. The number of unbranched alkanes of at least 4 members (excludes halogenated alkanes) is 26. The minimum absolute atomic E-state index is 0.00124. The Morgan fingerprint density at radius 2 is 0.915 bits per heavy atom. The maximum Gasteiger partial charge on any atom is 0.222 e. The fourth-order valence-corrected chi connectivity index (χ4v) is 6.26. The van der Waals surface area contributed by atoms with Crippen LogP contribution in [0, 0.1) is 0 Å². The van der Waals surface area contributed by atoms with Gasteiger partial charge in [0.2, 0.25) is 5.91 Å². The Labute approximate surface area is 292 Å². The smallest absolute Gasteiger partial charge is 0.222 e. The summed E-state index contributed by atoms with van der Waals surface area (Å²) in [5.74, 6) is -0.331. The summed E-state index contributed by atoms with van der Waals surface area (Å²) >= 11 is 0. The van der Waals surface area contributed by atoms with Crippen LogP contribution in [0.3, 0.4) is 0 Å². The molecular formula is C42H81NO4. The highest BCUT2D eigenvalue weighted by Gasteiger charge is 2.20. The Morgan fingerprint density at radius 1 is 0.532 bits per heavy atom. The first-order chi connectivity index (χ1) is 23.0. The molecule has 0 aliphatic carbocycles. The maximum atomic E-state index is 12.3. The minimum atomic E-state index is -0.930. The van der Waals surface area contributed by atoms with Gasteiger partial charge in [0, 0.05) is 0 Å². The number of aliphatic hydroxyl groups is 3. The lowest BCUT2D eigenvalue weighted by atomic mass is 10.0. The Hall–Kier alpha value is -1.17. The van der Waals surface area contributed by atoms with Crippen LogP contribution in [0.25, 0.3) is 0 Å². The van der Waals surface area contributed by atoms with Crippen LogP contribution in [0.15, 0.2) is 24.3 Å². The molecule has 47 heavy (non-hydrogen) atoms. The predicted molar refractivity (Wildman–Crippen MR) is 204 cm³/mol. The van der Waals surface area contributed by atoms with Gasteiger partial charge in [-0.05, 0) is 38.5 Å². The SMILES string of the molecule is CCCC/C=C\CCCCC(O)CC(=O)NC(CO)C(O)/C=C/CCCCCCCCCCCCCCCCCCCCCCCC. The van der Waals surface area contributed by atoms with Crippen molar-refractivity contribution in [2.45, 2.75) is 231 Å². The van der Waals surface area contributed by atoms with Crippen LogP contribution in [0.5, 0.6) is 0 Å². The van der Waals surface area contributed by atoms with Crippen LogP contribution < -0.4 is 5.32 Å². The number of amides is 1. The van der Waals surface area contributed by atoms with Gasteiger partial charge in [-0.1, -0.05) is 192 Å². The molecule has 5 heteroatoms. The van der Waals surface area contributed by atoms with Crippen molar-refractivity contribution in [2.24, 2.45) is 0 Å². The third-order valence-electron chi connectivity index (χ3n) is 9.48. The molecule has 0 aliphatic rings. The molecule has 0 aromatic heterocycles. The summed E-state index contributed by atoms with van der Waals surface area (Å²) in [6, 6.07) is -0.747. The molecule has 278 valence electrons. The molecule has 3 atom stereocenters. The van der Waals surface area contributed by atoms with Gasteiger partial charge in [-0.25, -0.2) is 0 Å². The van der Waals surface area contributed by atoms with E-state index in [0.29, 0.717) is 6.42 Å². The molecule has 4 N–H and O–H groups in total. The van der Waals surface area contributed by atoms with Crippen molar-refractivity contribution >= 4 is 5.91 Å². The van der Waals surface area contributed by atoms with E-state index in [0.717, 1.165) is 38.5 Å². The molecule has 1 amide bonds. The number of rotatable bonds is 37. The van der Waals surface area contributed by atoms with Gasteiger partial charge in [0.25, 0.3) is 0 Å². The van der Waals surface area contributed by atoms with Gasteiger partial charge in [-0.15, -0.1) is 0 Å². The minimum Gasteiger partial charge on any atom is -0.394 e. The third-order valence-corrected chi connectivity index (χ3v) is 9.48. The van der Waals surface area contributed by atoms with Crippen molar-refractivity contribution in [3.05, 3.63) is 24.3 Å². The first kappa shape index (κ1) is 45.8. The molecule has 3 unspecified atom stereocenters. The lowest BCUT2D eigenvalue weighted by Crippen LogP contribution is -2.45. The van der Waals surface area contributed by atoms with E-state index < -0.39 is 18.2 Å². The van der Waals surface area contributed by atoms with Crippen molar-refractivity contribution in [3.8, 4) is 0 Å². The number of hydrogen-bond acceptors (Lipinski definition) is 4. The molecule has 5 nitrogen and oxygen atoms in total. The molecule has 0 bridgehead atoms. The standard InChI is InChI=1S/C42H81NO4/c1-3-5-7-9-11-13-14-15-16-17-18-19-20-21-22-23-24-25-26-27-28-30-32-34-36-41(46)40(38-44)43-42(47)37-39(45)35-33-31-29-12-10-8-6-4-2/h10,12,34,36,39-41,44-46H,3-9,11,13-33,35,37-38H2,1-2H3,(H,43,47)/b12-10-,36-34+. The normalized spacial score (nSPS) is 13.9. The van der Waals surface area contributed by atoms with E-state index in [1.54, 1.807) is 6.08 Å². The summed E-state index contributed by atoms with van der Waals surface area (Å²) in [5, 5.41) is 33.0. The van der Waals surface area contributed by atoms with Crippen LogP contribution in [0.2, 0.25) is 0 Å². The summed E-state index contributed by atoms with van der Waals surface area (Å²) < 4.78 is 0. The van der Waals surface area contributed by atoms with Crippen molar-refractivity contribution in [3.63, 3.8) is 0 Å². The van der Waals surface area contributed by atoms with Crippen LogP contribution in [-0.4, -0.2) is 46.1 Å². The highest BCUT2D eigenvalue weighted by atomic mass is 16.3. The van der Waals surface area contributed by atoms with Gasteiger partial charge in [0.05, 0.1) is 31.3 Å². The quantitative estimate of drug-likeness (QED) is 0.0393. The van der Waals surface area contributed by atoms with Crippen LogP contribution in [-0.2, 0) is 4.79 Å². The van der Waals surface area contributed by atoms with Crippen molar-refractivity contribution in [1.29, 1.82) is 0 Å². The van der Waals surface area contributed by atoms with E-state index in [1.165, 1.54) is 148 Å². The fraction of sp³-hybridized carbons (Fsp3) is 0.881. The van der Waals surface area contributed by atoms with Gasteiger partial charge in [0.15, 0.2) is 0 Å². The van der Waals surface area contributed by atoms with E-state index in [-0.39, 0.29) is 18.9 Å². The lowest BCUT2D eigenvalue weighted by molar-refractivity contribution is -0.124. The molecule has 0 saturated heterocycles. The number of hydrogen-bond donors (Lipinski definition) is 4. The van der Waals surface area contributed by atoms with E-state index >= 15 is 0 Å². The Morgan fingerprint density at radius 3 is 1.36 bits per heavy atom. The largest absolute Gasteiger partial charge is 0.394 e. The summed E-state index contributed by atoms with van der Waals surface area (Å²) in [6.45, 7) is 4.14. The average molecular weight is 664 g/mol. The van der Waals surface area contributed by atoms with E-state index in [4.69, 9.17) is 0 Å². The summed E-state index contributed by atoms with van der Waals surface area (Å²) in [7, 11) is 0. The van der Waals surface area contributed by atoms with E-state index in [9.17, 15) is 20.1 Å². The van der Waals surface area contributed by atoms with E-state index in [1.807, 2.05) is 6.08 Å². The zero-order valence-electron chi connectivity index (χ0n) is 31.4. The van der Waals surface area contributed by atoms with E-state index in [2.05, 4.69) is 31.3 Å². The zero-order chi connectivity index (χ0) is 34.5. The molecule has 0 radical (unpaired) electrons. The van der Waals surface area contributed by atoms with Crippen molar-refractivity contribution in [2.75, 3.05) is 6.61 Å². The molecule has 0 fully saturated rings. The lowest BCUT2D eigenvalue weighted by Gasteiger charge is -2.21. The monoisotopic (exact) mass is 664 g/mol. The molecule has 0 spiro atoms. The van der Waals surface area contributed by atoms with Crippen LogP contribution >= 0.6 is 0 Å². The molecule has 0 heterocycles. The van der Waals surface area contributed by atoms with Gasteiger partial charge >= 0.3 is 0 Å². The Bertz CT molecular complexity index is 694. The maximum absolute atomic E-state index is 12.3. The molecule has 0 aromatic carbocycles. The van der Waals surface area contributed by atoms with Gasteiger partial charge in [0.1, 0.15) is 0 Å². The number of aliphatic hydroxyl groups excluding tert-OH is 3. The predicted octanol–water partition coefficient (Wildman–Crippen LogP) is 11.4. The van der Waals surface area contributed by atoms with Crippen molar-refractivity contribution in [1.82, 2.24) is 5.32 Å². The van der Waals surface area contributed by atoms with Crippen LogP contribution in [0.1, 0.15) is 213 Å². The van der Waals surface area contributed by atoms with Crippen LogP contribution in [0.4, 0.5) is 0 Å². The summed E-state index contributed by atoms with van der Waals surface area (Å²) in [4.78, 5) is 12.3. The molecule has 0 aliphatic heterocycles. The van der Waals surface area contributed by atoms with Gasteiger partial charge < -0.3 is 20.6 Å². The number of carbonyl (C=O) groups excluding carboxylic acids is 1. The Kier molecular flexibility index (Phi) is 36.7. The zero-order valence-corrected chi connectivity index (χ0v) is 31.4. The first-order valence-corrected chi connectivity index (χ1v) is 20.6. The number of carbonyl (C=O) groups is 1. The van der Waals surface area contributed by atoms with Crippen molar-refractivity contribution < 1.29 is 20.1 Å². The average Bonchev–Trinajstić information content (AvgIpc) is 3.06. The number of allylic oxidation sites excluding steroid dienone is 3. The number of nitrogens with one attached hydrogen (secondary N) is 1. The molecular weight excluding hydrogens is 582 g/mol. The summed E-state index contributed by atoms with van der Waals surface area (Å²) in [6.07, 6.45) is 44.8. The second-order valence-corrected chi connectivity index (χ2v) is 14.2. The van der Waals surface area contributed by atoms with Gasteiger partial charge in [-0.3, -0.25) is 4.79 Å². The molecule has 0 rings (SSSR count). The second kappa shape index (κ2) is 37.6. The highest BCUT2D eigenvalue weighted by Crippen LogP contribution is 2.16. The Balaban J connectivity index is 3.59. The first-order valence-electron chi connectivity index (χ1n) is 20.6. The second-order valence-electron chi connectivity index (χ2n) is 14.2. The highest BCUT2D eigenvalue weighted by molar-refractivity contribution is 5.76.